The molecular formula is C35H29N3. The van der Waals surface area contributed by atoms with Crippen molar-refractivity contribution in [2.24, 2.45) is 4.99 Å². The highest BCUT2D eigenvalue weighted by Crippen LogP contribution is 2.58. The van der Waals surface area contributed by atoms with E-state index >= 15 is 0 Å². The molecule has 2 heterocycles. The zero-order valence-corrected chi connectivity index (χ0v) is 21.6. The first kappa shape index (κ1) is 21.8. The number of hydrogen-bond acceptors (Lipinski definition) is 3. The molecule has 3 heteroatoms. The van der Waals surface area contributed by atoms with E-state index in [1.165, 1.54) is 38.9 Å². The summed E-state index contributed by atoms with van der Waals surface area (Å²) in [5, 5.41) is 3.88. The lowest BCUT2D eigenvalue weighted by Gasteiger charge is -2.24. The Morgan fingerprint density at radius 2 is 1.47 bits per heavy atom. The van der Waals surface area contributed by atoms with E-state index in [2.05, 4.69) is 145 Å². The van der Waals surface area contributed by atoms with Crippen LogP contribution in [0, 0.1) is 0 Å². The van der Waals surface area contributed by atoms with Gasteiger partial charge >= 0.3 is 0 Å². The molecule has 0 aromatic heterocycles. The van der Waals surface area contributed by atoms with Gasteiger partial charge in [0.1, 0.15) is 5.84 Å². The molecule has 2 aliphatic carbocycles. The number of nitrogens with one attached hydrogen (secondary N) is 1. The predicted octanol–water partition coefficient (Wildman–Crippen LogP) is 7.73. The Morgan fingerprint density at radius 3 is 2.29 bits per heavy atom. The minimum absolute atomic E-state index is 0.0514. The van der Waals surface area contributed by atoms with E-state index in [4.69, 9.17) is 4.99 Å². The standard InChI is InChI=1S/C35H29N3/c1-34(2)28-18-10-9-17-25(28)27-22-30(26(21-29(27)34)23-13-5-3-6-14-23)36-33-32(24-15-7-4-8-16-24)38-31-19-11-12-20-35(31,38)37-33/h3-22,31-32H,1-2H3,(H,36,37)/t31?,32?,35?,38-/m1/s1. The predicted molar refractivity (Wildman–Crippen MR) is 156 cm³/mol. The maximum atomic E-state index is 5.36. The lowest BCUT2D eigenvalue weighted by Crippen LogP contribution is -2.26. The van der Waals surface area contributed by atoms with Crippen LogP contribution < -0.4 is 5.32 Å². The minimum atomic E-state index is -0.268. The SMILES string of the molecule is CC1(C)c2ccccc2-c2cc(NC3=NC45C=CC=CC4[N@]5C3c3ccccc3)c(-c3ccccc3)cc21. The summed E-state index contributed by atoms with van der Waals surface area (Å²) >= 11 is 0. The molecule has 0 saturated carbocycles. The summed E-state index contributed by atoms with van der Waals surface area (Å²) in [6.07, 6.45) is 8.81. The van der Waals surface area contributed by atoms with Crippen molar-refractivity contribution in [3.05, 3.63) is 138 Å². The molecular weight excluding hydrogens is 462 g/mol. The van der Waals surface area contributed by atoms with Crippen LogP contribution in [-0.4, -0.2) is 22.4 Å². The van der Waals surface area contributed by atoms with Crippen LogP contribution in [0.1, 0.15) is 36.6 Å². The summed E-state index contributed by atoms with van der Waals surface area (Å²) in [4.78, 5) is 7.88. The lowest BCUT2D eigenvalue weighted by atomic mass is 9.81. The molecule has 4 aromatic rings. The first-order valence-electron chi connectivity index (χ1n) is 13.5. The lowest BCUT2D eigenvalue weighted by molar-refractivity contribution is 0.449. The van der Waals surface area contributed by atoms with Gasteiger partial charge in [0.2, 0.25) is 0 Å². The molecule has 1 fully saturated rings. The Labute approximate surface area is 223 Å². The van der Waals surface area contributed by atoms with Crippen LogP contribution in [0.3, 0.4) is 0 Å². The van der Waals surface area contributed by atoms with E-state index < -0.39 is 0 Å². The second kappa shape index (κ2) is 7.66. The van der Waals surface area contributed by atoms with Crippen LogP contribution in [-0.2, 0) is 5.41 Å². The maximum absolute atomic E-state index is 5.36. The molecule has 8 rings (SSSR count). The van der Waals surface area contributed by atoms with Gasteiger partial charge in [-0.25, -0.2) is 9.89 Å². The van der Waals surface area contributed by atoms with Gasteiger partial charge in [0.15, 0.2) is 5.66 Å². The van der Waals surface area contributed by atoms with Crippen LogP contribution in [0.15, 0.2) is 126 Å². The van der Waals surface area contributed by atoms with E-state index in [0.717, 1.165) is 11.5 Å². The summed E-state index contributed by atoms with van der Waals surface area (Å²) < 4.78 is 0. The van der Waals surface area contributed by atoms with Crippen LogP contribution in [0.5, 0.6) is 0 Å². The molecule has 3 unspecified atom stereocenters. The van der Waals surface area contributed by atoms with E-state index in [1.807, 2.05) is 0 Å². The Kier molecular flexibility index (Phi) is 4.40. The van der Waals surface area contributed by atoms with Gasteiger partial charge in [0.05, 0.1) is 12.1 Å². The van der Waals surface area contributed by atoms with Crippen LogP contribution in [0.2, 0.25) is 0 Å². The molecule has 4 atom stereocenters. The van der Waals surface area contributed by atoms with Crippen LogP contribution in [0.4, 0.5) is 5.69 Å². The van der Waals surface area contributed by atoms with Crippen LogP contribution in [0.25, 0.3) is 22.3 Å². The second-order valence-corrected chi connectivity index (χ2v) is 11.3. The Hall–Kier alpha value is -4.21. The quantitative estimate of drug-likeness (QED) is 0.297. The fourth-order valence-corrected chi connectivity index (χ4v) is 6.93. The number of hydrogen-bond donors (Lipinski definition) is 1. The largest absolute Gasteiger partial charge is 0.342 e. The van der Waals surface area contributed by atoms with Crippen LogP contribution >= 0.6 is 0 Å². The molecule has 4 aromatic carbocycles. The molecule has 184 valence electrons. The van der Waals surface area contributed by atoms with Crippen molar-refractivity contribution in [3.8, 4) is 22.3 Å². The minimum Gasteiger partial charge on any atom is -0.342 e. The average Bonchev–Trinajstić information content (AvgIpc) is 3.40. The molecule has 2 aliphatic heterocycles. The molecule has 4 aliphatic rings. The fraction of sp³-hybridized carbons (Fsp3) is 0.171. The van der Waals surface area contributed by atoms with Gasteiger partial charge in [-0.3, -0.25) is 0 Å². The highest BCUT2D eigenvalue weighted by atomic mass is 15.6. The molecule has 38 heavy (non-hydrogen) atoms. The average molecular weight is 492 g/mol. The van der Waals surface area contributed by atoms with Crippen molar-refractivity contribution in [2.45, 2.75) is 37.0 Å². The van der Waals surface area contributed by atoms with Gasteiger partial charge in [0.25, 0.3) is 0 Å². The van der Waals surface area contributed by atoms with Gasteiger partial charge in [-0.1, -0.05) is 117 Å². The molecule has 0 bridgehead atoms. The number of nitrogens with zero attached hydrogens (tertiary/aromatic N) is 2. The van der Waals surface area contributed by atoms with Gasteiger partial charge in [-0.15, -0.1) is 0 Å². The smallest absolute Gasteiger partial charge is 0.155 e. The highest BCUT2D eigenvalue weighted by molar-refractivity contribution is 6.06. The Bertz CT molecular complexity index is 1680. The third-order valence-corrected chi connectivity index (χ3v) is 8.85. The normalized spacial score (nSPS) is 26.7. The number of fused-ring (bicyclic) bond motifs is 4. The van der Waals surface area contributed by atoms with Crippen molar-refractivity contribution in [1.82, 2.24) is 4.90 Å². The fourth-order valence-electron chi connectivity index (χ4n) is 6.93. The van der Waals surface area contributed by atoms with Gasteiger partial charge in [-0.05, 0) is 51.6 Å². The van der Waals surface area contributed by atoms with E-state index in [1.54, 1.807) is 0 Å². The highest BCUT2D eigenvalue weighted by Gasteiger charge is 2.68. The topological polar surface area (TPSA) is 27.4 Å². The maximum Gasteiger partial charge on any atom is 0.155 e. The summed E-state index contributed by atoms with van der Waals surface area (Å²) in [6, 6.07) is 35.5. The summed E-state index contributed by atoms with van der Waals surface area (Å²) in [6.45, 7) is 4.68. The number of amidine groups is 1. The molecule has 1 N–H and O–H groups in total. The van der Waals surface area contributed by atoms with Crippen molar-refractivity contribution in [3.63, 3.8) is 0 Å². The van der Waals surface area contributed by atoms with Crippen molar-refractivity contribution < 1.29 is 0 Å². The molecule has 1 saturated heterocycles. The number of allylic oxidation sites excluding steroid dienone is 2. The second-order valence-electron chi connectivity index (χ2n) is 11.3. The zero-order valence-electron chi connectivity index (χ0n) is 21.6. The summed E-state index contributed by atoms with van der Waals surface area (Å²) in [7, 11) is 0. The molecule has 1 spiro atoms. The van der Waals surface area contributed by atoms with E-state index in [-0.39, 0.29) is 17.1 Å². The van der Waals surface area contributed by atoms with Crippen molar-refractivity contribution in [1.29, 1.82) is 0 Å². The zero-order chi connectivity index (χ0) is 25.5. The monoisotopic (exact) mass is 491 g/mol. The Morgan fingerprint density at radius 1 is 0.737 bits per heavy atom. The van der Waals surface area contributed by atoms with Gasteiger partial charge in [0, 0.05) is 16.7 Å². The summed E-state index contributed by atoms with van der Waals surface area (Å²) in [5.74, 6) is 1.01. The van der Waals surface area contributed by atoms with E-state index in [0.29, 0.717) is 6.04 Å². The van der Waals surface area contributed by atoms with Crippen molar-refractivity contribution >= 4 is 11.5 Å². The summed E-state index contributed by atoms with van der Waals surface area (Å²) in [5.41, 5.74) is 9.87. The van der Waals surface area contributed by atoms with Gasteiger partial charge in [-0.2, -0.15) is 0 Å². The van der Waals surface area contributed by atoms with Gasteiger partial charge < -0.3 is 5.32 Å². The first-order chi connectivity index (χ1) is 18.6. The first-order valence-corrected chi connectivity index (χ1v) is 13.5. The third kappa shape index (κ3) is 2.91. The third-order valence-electron chi connectivity index (χ3n) is 8.85. The van der Waals surface area contributed by atoms with Crippen molar-refractivity contribution in [2.75, 3.05) is 5.32 Å². The number of aliphatic imine (C=N–C) groups is 1. The Balaban J connectivity index is 1.30. The number of anilines is 1. The molecule has 3 nitrogen and oxygen atoms in total. The number of benzene rings is 4. The van der Waals surface area contributed by atoms with E-state index in [9.17, 15) is 0 Å². The number of rotatable bonds is 3. The molecule has 0 radical (unpaired) electrons. The molecule has 0 amide bonds.